The molecule has 90 valence electrons. The summed E-state index contributed by atoms with van der Waals surface area (Å²) >= 11 is 0. The summed E-state index contributed by atoms with van der Waals surface area (Å²) in [4.78, 5) is 0.235. The van der Waals surface area contributed by atoms with Crippen molar-refractivity contribution in [3.05, 3.63) is 17.1 Å². The highest BCUT2D eigenvalue weighted by atomic mass is 35.7. The maximum atomic E-state index is 11.6. The van der Waals surface area contributed by atoms with Crippen LogP contribution in [0.2, 0.25) is 0 Å². The van der Waals surface area contributed by atoms with Crippen LogP contribution in [0, 0.1) is 0 Å². The second kappa shape index (κ2) is 4.08. The number of halogens is 1. The summed E-state index contributed by atoms with van der Waals surface area (Å²) in [5, 5.41) is 0. The third kappa shape index (κ3) is 2.00. The van der Waals surface area contributed by atoms with Crippen molar-refractivity contribution in [1.29, 1.82) is 0 Å². The van der Waals surface area contributed by atoms with Crippen molar-refractivity contribution >= 4 is 19.7 Å². The summed E-state index contributed by atoms with van der Waals surface area (Å²) in [6.45, 7) is 3.83. The van der Waals surface area contributed by atoms with Crippen LogP contribution in [0.4, 0.5) is 0 Å². The molecule has 0 amide bonds. The van der Waals surface area contributed by atoms with E-state index >= 15 is 0 Å². The lowest BCUT2D eigenvalue weighted by Crippen LogP contribution is -2.04. The molecule has 0 radical (unpaired) electrons. The average molecular weight is 263 g/mol. The van der Waals surface area contributed by atoms with E-state index in [2.05, 4.69) is 0 Å². The summed E-state index contributed by atoms with van der Waals surface area (Å²) in [5.74, 6) is 1.37. The Balaban J connectivity index is 2.67. The van der Waals surface area contributed by atoms with Crippen molar-refractivity contribution in [3.8, 4) is 0 Å². The monoisotopic (exact) mass is 262 g/mol. The SMILES string of the molecule is CC(C)c1oc2c(c1S(=O)(=O)Cl)CCCC2. The van der Waals surface area contributed by atoms with Crippen molar-refractivity contribution < 1.29 is 12.8 Å². The molecule has 1 aliphatic carbocycles. The van der Waals surface area contributed by atoms with Crippen molar-refractivity contribution in [3.63, 3.8) is 0 Å². The van der Waals surface area contributed by atoms with E-state index in [-0.39, 0.29) is 10.8 Å². The van der Waals surface area contributed by atoms with Crippen molar-refractivity contribution in [2.24, 2.45) is 0 Å². The van der Waals surface area contributed by atoms with Gasteiger partial charge in [-0.25, -0.2) is 8.42 Å². The van der Waals surface area contributed by atoms with Gasteiger partial charge in [0.05, 0.1) is 0 Å². The van der Waals surface area contributed by atoms with Crippen molar-refractivity contribution in [1.82, 2.24) is 0 Å². The summed E-state index contributed by atoms with van der Waals surface area (Å²) in [7, 11) is 1.80. The van der Waals surface area contributed by atoms with E-state index in [1.807, 2.05) is 13.8 Å². The smallest absolute Gasteiger partial charge is 0.265 e. The van der Waals surface area contributed by atoms with Gasteiger partial charge in [0.25, 0.3) is 9.05 Å². The Hall–Kier alpha value is -0.480. The van der Waals surface area contributed by atoms with E-state index < -0.39 is 9.05 Å². The zero-order valence-corrected chi connectivity index (χ0v) is 11.0. The molecule has 0 unspecified atom stereocenters. The molecule has 0 spiro atoms. The molecule has 1 heterocycles. The van der Waals surface area contributed by atoms with Gasteiger partial charge in [-0.1, -0.05) is 13.8 Å². The van der Waals surface area contributed by atoms with Crippen LogP contribution >= 0.6 is 10.7 Å². The summed E-state index contributed by atoms with van der Waals surface area (Å²) < 4.78 is 28.9. The van der Waals surface area contributed by atoms with Crippen LogP contribution in [-0.4, -0.2) is 8.42 Å². The van der Waals surface area contributed by atoms with Crippen LogP contribution in [-0.2, 0) is 21.9 Å². The van der Waals surface area contributed by atoms with Crippen molar-refractivity contribution in [2.75, 3.05) is 0 Å². The Morgan fingerprint density at radius 2 is 1.88 bits per heavy atom. The fraction of sp³-hybridized carbons (Fsp3) is 0.636. The normalized spacial score (nSPS) is 16.5. The lowest BCUT2D eigenvalue weighted by atomic mass is 9.98. The average Bonchev–Trinajstić information content (AvgIpc) is 2.55. The molecule has 0 fully saturated rings. The fourth-order valence-electron chi connectivity index (χ4n) is 2.21. The van der Waals surface area contributed by atoms with Gasteiger partial charge >= 0.3 is 0 Å². The maximum Gasteiger partial charge on any atom is 0.265 e. The first kappa shape index (κ1) is 12.0. The van der Waals surface area contributed by atoms with Gasteiger partial charge < -0.3 is 4.42 Å². The highest BCUT2D eigenvalue weighted by Crippen LogP contribution is 2.37. The molecule has 1 aromatic rings. The zero-order valence-electron chi connectivity index (χ0n) is 9.42. The number of fused-ring (bicyclic) bond motifs is 1. The molecule has 0 bridgehead atoms. The molecule has 0 N–H and O–H groups in total. The van der Waals surface area contributed by atoms with Crippen LogP contribution in [0.1, 0.15) is 49.7 Å². The van der Waals surface area contributed by atoms with Gasteiger partial charge in [-0.15, -0.1) is 0 Å². The number of hydrogen-bond acceptors (Lipinski definition) is 3. The molecule has 0 saturated carbocycles. The van der Waals surface area contributed by atoms with Crippen molar-refractivity contribution in [2.45, 2.75) is 50.3 Å². The van der Waals surface area contributed by atoms with E-state index in [1.165, 1.54) is 0 Å². The van der Waals surface area contributed by atoms with Gasteiger partial charge in [-0.2, -0.15) is 0 Å². The van der Waals surface area contributed by atoms with Gasteiger partial charge in [0.2, 0.25) is 0 Å². The first-order valence-electron chi connectivity index (χ1n) is 5.50. The van der Waals surface area contributed by atoms with Crippen LogP contribution in [0.5, 0.6) is 0 Å². The Morgan fingerprint density at radius 3 is 2.44 bits per heavy atom. The van der Waals surface area contributed by atoms with Crippen LogP contribution < -0.4 is 0 Å². The van der Waals surface area contributed by atoms with Gasteiger partial charge in [0.15, 0.2) is 0 Å². The minimum absolute atomic E-state index is 0.0362. The Morgan fingerprint density at radius 1 is 1.25 bits per heavy atom. The largest absolute Gasteiger partial charge is 0.464 e. The topological polar surface area (TPSA) is 47.3 Å². The Bertz CT molecular complexity index is 500. The molecule has 16 heavy (non-hydrogen) atoms. The van der Waals surface area contributed by atoms with E-state index in [9.17, 15) is 8.42 Å². The lowest BCUT2D eigenvalue weighted by molar-refractivity contribution is 0.426. The molecular formula is C11H15ClO3S. The minimum Gasteiger partial charge on any atom is -0.464 e. The second-order valence-electron chi connectivity index (χ2n) is 4.50. The molecule has 1 aliphatic rings. The van der Waals surface area contributed by atoms with E-state index in [1.54, 1.807) is 0 Å². The number of furan rings is 1. The van der Waals surface area contributed by atoms with Crippen LogP contribution in [0.25, 0.3) is 0 Å². The predicted octanol–water partition coefficient (Wildman–Crippen LogP) is 3.21. The third-order valence-corrected chi connectivity index (χ3v) is 4.31. The highest BCUT2D eigenvalue weighted by molar-refractivity contribution is 8.13. The summed E-state index contributed by atoms with van der Waals surface area (Å²) in [5.41, 5.74) is 0.810. The quantitative estimate of drug-likeness (QED) is 0.769. The maximum absolute atomic E-state index is 11.6. The second-order valence-corrected chi connectivity index (χ2v) is 7.00. The molecule has 0 aromatic carbocycles. The molecular weight excluding hydrogens is 248 g/mol. The van der Waals surface area contributed by atoms with Gasteiger partial charge in [-0.3, -0.25) is 0 Å². The fourth-order valence-corrected chi connectivity index (χ4v) is 3.74. The number of aryl methyl sites for hydroxylation is 1. The standard InChI is InChI=1S/C11H15ClO3S/c1-7(2)10-11(16(12,13)14)8-5-3-4-6-9(8)15-10/h7H,3-6H2,1-2H3. The Kier molecular flexibility index (Phi) is 3.05. The number of rotatable bonds is 2. The summed E-state index contributed by atoms with van der Waals surface area (Å²) in [6.07, 6.45) is 3.64. The molecule has 0 atom stereocenters. The summed E-state index contributed by atoms with van der Waals surface area (Å²) in [6, 6.07) is 0. The van der Waals surface area contributed by atoms with E-state index in [4.69, 9.17) is 15.1 Å². The highest BCUT2D eigenvalue weighted by Gasteiger charge is 2.30. The van der Waals surface area contributed by atoms with E-state index in [0.717, 1.165) is 37.0 Å². The zero-order chi connectivity index (χ0) is 11.9. The molecule has 5 heteroatoms. The molecule has 1 aromatic heterocycles. The first-order chi connectivity index (χ1) is 7.41. The van der Waals surface area contributed by atoms with Crippen LogP contribution in [0.3, 0.4) is 0 Å². The van der Waals surface area contributed by atoms with Gasteiger partial charge in [-0.05, 0) is 19.3 Å². The van der Waals surface area contributed by atoms with E-state index in [0.29, 0.717) is 5.76 Å². The molecule has 0 saturated heterocycles. The van der Waals surface area contributed by atoms with Crippen LogP contribution in [0.15, 0.2) is 9.31 Å². The first-order valence-corrected chi connectivity index (χ1v) is 7.81. The van der Waals surface area contributed by atoms with Gasteiger partial charge in [0, 0.05) is 28.6 Å². The Labute approximate surface area is 100 Å². The third-order valence-electron chi connectivity index (χ3n) is 2.92. The number of hydrogen-bond donors (Lipinski definition) is 0. The van der Waals surface area contributed by atoms with Gasteiger partial charge in [0.1, 0.15) is 16.4 Å². The lowest BCUT2D eigenvalue weighted by Gasteiger charge is -2.09. The molecule has 2 rings (SSSR count). The predicted molar refractivity (Wildman–Crippen MR) is 62.5 cm³/mol. The minimum atomic E-state index is -3.70. The molecule has 0 aliphatic heterocycles. The molecule has 3 nitrogen and oxygen atoms in total.